The molecule has 1 atom stereocenters. The van der Waals surface area contributed by atoms with E-state index in [1.165, 1.54) is 6.33 Å². The van der Waals surface area contributed by atoms with Crippen LogP contribution in [0.15, 0.2) is 49.2 Å². The first-order valence-electron chi connectivity index (χ1n) is 7.98. The third-order valence-corrected chi connectivity index (χ3v) is 4.21. The fourth-order valence-electron chi connectivity index (χ4n) is 2.58. The Hall–Kier alpha value is -2.67. The normalized spacial score (nSPS) is 12.1. The van der Waals surface area contributed by atoms with Crippen molar-refractivity contribution < 1.29 is 4.79 Å². The molecule has 0 unspecified atom stereocenters. The van der Waals surface area contributed by atoms with Gasteiger partial charge in [-0.05, 0) is 18.9 Å². The number of aromatic nitrogens is 5. The fraction of sp³-hybridized carbons (Fsp3) is 0.294. The number of benzene rings is 1. The summed E-state index contributed by atoms with van der Waals surface area (Å²) in [5, 5.41) is 11.9. The molecule has 1 amide bonds. The number of hydrogen-bond acceptors (Lipinski definition) is 4. The van der Waals surface area contributed by atoms with E-state index in [2.05, 4.69) is 20.5 Å². The summed E-state index contributed by atoms with van der Waals surface area (Å²) in [5.74, 6) is -0.119. The van der Waals surface area contributed by atoms with Gasteiger partial charge in [-0.2, -0.15) is 10.2 Å². The Morgan fingerprint density at radius 3 is 2.72 bits per heavy atom. The SMILES string of the molecule is Cc1nn(CC(=O)N[C@H](CCn2cncn2)c2ccccc2)cc1Cl. The van der Waals surface area contributed by atoms with Crippen molar-refractivity contribution in [3.8, 4) is 0 Å². The molecule has 1 aromatic carbocycles. The Balaban J connectivity index is 1.66. The minimum absolute atomic E-state index is 0.119. The van der Waals surface area contributed by atoms with E-state index in [1.807, 2.05) is 37.3 Å². The van der Waals surface area contributed by atoms with Gasteiger partial charge in [-0.25, -0.2) is 4.98 Å². The van der Waals surface area contributed by atoms with Crippen LogP contribution in [0.2, 0.25) is 5.02 Å². The van der Waals surface area contributed by atoms with Crippen LogP contribution in [-0.2, 0) is 17.9 Å². The van der Waals surface area contributed by atoms with Gasteiger partial charge in [0, 0.05) is 12.7 Å². The molecule has 0 saturated carbocycles. The van der Waals surface area contributed by atoms with E-state index in [4.69, 9.17) is 11.6 Å². The molecule has 0 fully saturated rings. The smallest absolute Gasteiger partial charge is 0.242 e. The molecule has 0 aliphatic carbocycles. The van der Waals surface area contributed by atoms with E-state index in [9.17, 15) is 4.79 Å². The molecule has 7 nitrogen and oxygen atoms in total. The van der Waals surface area contributed by atoms with Gasteiger partial charge < -0.3 is 5.32 Å². The maximum absolute atomic E-state index is 12.4. The first kappa shape index (κ1) is 17.2. The van der Waals surface area contributed by atoms with Crippen molar-refractivity contribution in [3.05, 3.63) is 65.5 Å². The third kappa shape index (κ3) is 4.67. The zero-order valence-electron chi connectivity index (χ0n) is 13.8. The molecular weight excluding hydrogens is 340 g/mol. The van der Waals surface area contributed by atoms with Crippen molar-refractivity contribution in [1.29, 1.82) is 0 Å². The lowest BCUT2D eigenvalue weighted by atomic mass is 10.0. The average molecular weight is 359 g/mol. The van der Waals surface area contributed by atoms with Crippen LogP contribution in [0.5, 0.6) is 0 Å². The van der Waals surface area contributed by atoms with E-state index in [1.54, 1.807) is 21.9 Å². The predicted molar refractivity (Wildman–Crippen MR) is 93.9 cm³/mol. The van der Waals surface area contributed by atoms with Crippen molar-refractivity contribution in [3.63, 3.8) is 0 Å². The molecule has 8 heteroatoms. The zero-order chi connectivity index (χ0) is 17.6. The van der Waals surface area contributed by atoms with Crippen LogP contribution in [0.1, 0.15) is 23.7 Å². The Morgan fingerprint density at radius 2 is 2.08 bits per heavy atom. The van der Waals surface area contributed by atoms with Crippen molar-refractivity contribution in [1.82, 2.24) is 29.9 Å². The molecule has 0 saturated heterocycles. The van der Waals surface area contributed by atoms with E-state index in [0.717, 1.165) is 5.56 Å². The molecule has 0 aliphatic rings. The lowest BCUT2D eigenvalue weighted by Crippen LogP contribution is -2.32. The number of rotatable bonds is 7. The van der Waals surface area contributed by atoms with Gasteiger partial charge in [0.25, 0.3) is 0 Å². The molecule has 25 heavy (non-hydrogen) atoms. The summed E-state index contributed by atoms with van der Waals surface area (Å²) in [4.78, 5) is 16.4. The van der Waals surface area contributed by atoms with Gasteiger partial charge in [-0.1, -0.05) is 41.9 Å². The molecule has 0 aliphatic heterocycles. The van der Waals surface area contributed by atoms with Crippen molar-refractivity contribution in [2.45, 2.75) is 32.5 Å². The van der Waals surface area contributed by atoms with Crippen LogP contribution in [0.3, 0.4) is 0 Å². The molecule has 2 aromatic heterocycles. The van der Waals surface area contributed by atoms with Gasteiger partial charge >= 0.3 is 0 Å². The highest BCUT2D eigenvalue weighted by Gasteiger charge is 2.16. The number of carbonyl (C=O) groups excluding carboxylic acids is 1. The summed E-state index contributed by atoms with van der Waals surface area (Å²) in [5.41, 5.74) is 1.76. The van der Waals surface area contributed by atoms with E-state index in [-0.39, 0.29) is 18.5 Å². The standard InChI is InChI=1S/C17H19ClN6O/c1-13-15(18)9-24(22-13)10-17(25)21-16(14-5-3-2-4-6-14)7-8-23-12-19-11-20-23/h2-6,9,11-12,16H,7-8,10H2,1H3,(H,21,25)/t16-/m1/s1. The average Bonchev–Trinajstić information content (AvgIpc) is 3.22. The van der Waals surface area contributed by atoms with Crippen LogP contribution < -0.4 is 5.32 Å². The molecular formula is C17H19ClN6O. The minimum atomic E-state index is -0.120. The molecule has 2 heterocycles. The minimum Gasteiger partial charge on any atom is -0.348 e. The summed E-state index contributed by atoms with van der Waals surface area (Å²) < 4.78 is 3.30. The second-order valence-corrected chi connectivity index (χ2v) is 6.15. The predicted octanol–water partition coefficient (Wildman–Crippen LogP) is 2.38. The van der Waals surface area contributed by atoms with Gasteiger partial charge in [0.2, 0.25) is 5.91 Å². The van der Waals surface area contributed by atoms with Gasteiger partial charge in [-0.15, -0.1) is 0 Å². The summed E-state index contributed by atoms with van der Waals surface area (Å²) in [7, 11) is 0. The Morgan fingerprint density at radius 1 is 1.28 bits per heavy atom. The topological polar surface area (TPSA) is 77.6 Å². The molecule has 3 rings (SSSR count). The Labute approximate surface area is 150 Å². The quantitative estimate of drug-likeness (QED) is 0.703. The summed E-state index contributed by atoms with van der Waals surface area (Å²) >= 11 is 5.99. The number of aryl methyl sites for hydroxylation is 2. The van der Waals surface area contributed by atoms with E-state index >= 15 is 0 Å². The maximum atomic E-state index is 12.4. The lowest BCUT2D eigenvalue weighted by molar-refractivity contribution is -0.122. The van der Waals surface area contributed by atoms with E-state index < -0.39 is 0 Å². The highest BCUT2D eigenvalue weighted by Crippen LogP contribution is 2.18. The molecule has 0 bridgehead atoms. The third-order valence-electron chi connectivity index (χ3n) is 3.84. The lowest BCUT2D eigenvalue weighted by Gasteiger charge is -2.19. The van der Waals surface area contributed by atoms with Gasteiger partial charge in [0.05, 0.1) is 16.8 Å². The first-order chi connectivity index (χ1) is 12.1. The molecule has 3 aromatic rings. The number of nitrogens with zero attached hydrogens (tertiary/aromatic N) is 5. The van der Waals surface area contributed by atoms with Gasteiger partial charge in [-0.3, -0.25) is 14.2 Å². The second-order valence-electron chi connectivity index (χ2n) is 5.74. The van der Waals surface area contributed by atoms with Crippen LogP contribution >= 0.6 is 11.6 Å². The number of hydrogen-bond donors (Lipinski definition) is 1. The molecule has 130 valence electrons. The number of carbonyl (C=O) groups is 1. The second kappa shape index (κ2) is 7.94. The van der Waals surface area contributed by atoms with Gasteiger partial charge in [0.1, 0.15) is 19.2 Å². The molecule has 0 radical (unpaired) electrons. The maximum Gasteiger partial charge on any atom is 0.242 e. The summed E-state index contributed by atoms with van der Waals surface area (Å²) in [6, 6.07) is 9.75. The summed E-state index contributed by atoms with van der Waals surface area (Å²) in [6.07, 6.45) is 5.53. The molecule has 0 spiro atoms. The monoisotopic (exact) mass is 358 g/mol. The van der Waals surface area contributed by atoms with Crippen molar-refractivity contribution >= 4 is 17.5 Å². The number of amides is 1. The Bertz CT molecular complexity index is 796. The van der Waals surface area contributed by atoms with Crippen LogP contribution in [0.4, 0.5) is 0 Å². The zero-order valence-corrected chi connectivity index (χ0v) is 14.6. The largest absolute Gasteiger partial charge is 0.348 e. The van der Waals surface area contributed by atoms with Crippen molar-refractivity contribution in [2.24, 2.45) is 0 Å². The number of nitrogens with one attached hydrogen (secondary N) is 1. The highest BCUT2D eigenvalue weighted by atomic mass is 35.5. The van der Waals surface area contributed by atoms with E-state index in [0.29, 0.717) is 23.7 Å². The molecule has 1 N–H and O–H groups in total. The summed E-state index contributed by atoms with van der Waals surface area (Å²) in [6.45, 7) is 2.59. The van der Waals surface area contributed by atoms with Crippen LogP contribution in [0.25, 0.3) is 0 Å². The number of halogens is 1. The highest BCUT2D eigenvalue weighted by molar-refractivity contribution is 6.31. The van der Waals surface area contributed by atoms with Gasteiger partial charge in [0.15, 0.2) is 0 Å². The van der Waals surface area contributed by atoms with Crippen LogP contribution in [0, 0.1) is 6.92 Å². The fourth-order valence-corrected chi connectivity index (χ4v) is 2.73. The van der Waals surface area contributed by atoms with Crippen LogP contribution in [-0.4, -0.2) is 30.5 Å². The van der Waals surface area contributed by atoms with Crippen molar-refractivity contribution in [2.75, 3.05) is 0 Å². The Kier molecular flexibility index (Phi) is 5.45. The first-order valence-corrected chi connectivity index (χ1v) is 8.36.